The Balaban J connectivity index is 0.619. The number of anilines is 2. The second-order valence-corrected chi connectivity index (χ2v) is 34.4. The number of allylic oxidation sites excluding steroid dienone is 5. The first-order valence-electron chi connectivity index (χ1n) is 45.5. The lowest BCUT2D eigenvalue weighted by Gasteiger charge is -2.43. The fourth-order valence-corrected chi connectivity index (χ4v) is 17.7. The van der Waals surface area contributed by atoms with Crippen LogP contribution in [0.15, 0.2) is 82.4 Å². The Labute approximate surface area is 741 Å². The van der Waals surface area contributed by atoms with E-state index in [0.717, 1.165) is 61.8 Å². The van der Waals surface area contributed by atoms with Crippen LogP contribution in [0.25, 0.3) is 33.4 Å². The number of nitrogens with zero attached hydrogens (tertiary/aromatic N) is 10. The molecule has 1 saturated carbocycles. The number of esters is 1. The number of Topliss-reactive ketones (excluding diaryl/α,β-unsaturated/α-hetero) is 2. The summed E-state index contributed by atoms with van der Waals surface area (Å²) in [6.07, 6.45) is 19.8. The zero-order valence-electron chi connectivity index (χ0n) is 76.0. The number of aliphatic hydroxyl groups is 3. The van der Waals surface area contributed by atoms with Gasteiger partial charge in [0.15, 0.2) is 17.3 Å². The molecular formula is C92H141N12O22+. The third kappa shape index (κ3) is 28.8. The van der Waals surface area contributed by atoms with Crippen LogP contribution in [0.2, 0.25) is 0 Å². The number of amides is 1. The molecule has 1 amide bonds. The highest BCUT2D eigenvalue weighted by atomic mass is 16.7. The maximum Gasteiger partial charge on any atom is 0.329 e. The predicted molar refractivity (Wildman–Crippen MR) is 470 cm³/mol. The zero-order valence-corrected chi connectivity index (χ0v) is 76.0. The van der Waals surface area contributed by atoms with Gasteiger partial charge in [0, 0.05) is 120 Å². The van der Waals surface area contributed by atoms with Crippen LogP contribution in [0.4, 0.5) is 11.8 Å². The Bertz CT molecular complexity index is 4380. The second kappa shape index (κ2) is 51.5. The van der Waals surface area contributed by atoms with Crippen LogP contribution in [-0.4, -0.2) is 282 Å². The van der Waals surface area contributed by atoms with Crippen molar-refractivity contribution in [3.63, 3.8) is 0 Å². The molecule has 5 aliphatic rings. The molecule has 3 fully saturated rings. The Kier molecular flexibility index (Phi) is 40.9. The zero-order chi connectivity index (χ0) is 90.1. The number of carbonyl (C=O) groups excluding carboxylic acids is 4. The lowest BCUT2D eigenvalue weighted by Crippen LogP contribution is -2.61. The molecular weight excluding hydrogens is 1630 g/mol. The first-order valence-corrected chi connectivity index (χ1v) is 45.5. The van der Waals surface area contributed by atoms with Gasteiger partial charge in [-0.25, -0.2) is 24.1 Å². The topological polar surface area (TPSA) is 417 Å². The van der Waals surface area contributed by atoms with Crippen LogP contribution in [0.5, 0.6) is 0 Å². The van der Waals surface area contributed by atoms with Crippen molar-refractivity contribution in [3.8, 4) is 11.3 Å². The Morgan fingerprint density at radius 3 is 2.08 bits per heavy atom. The molecule has 700 valence electrons. The molecule has 0 spiro atoms. The number of fused-ring (bicyclic) bond motifs is 6. The summed E-state index contributed by atoms with van der Waals surface area (Å²) in [6, 6.07) is 4.52. The molecule has 34 nitrogen and oxygen atoms in total. The van der Waals surface area contributed by atoms with Crippen LogP contribution in [0, 0.1) is 35.5 Å². The number of aromatic nitrogens is 8. The minimum atomic E-state index is -2.45. The van der Waals surface area contributed by atoms with Gasteiger partial charge in [0.2, 0.25) is 23.8 Å². The summed E-state index contributed by atoms with van der Waals surface area (Å²) >= 11 is 0. The van der Waals surface area contributed by atoms with E-state index in [1.165, 1.54) is 11.2 Å². The number of hydroxylamine groups is 1. The van der Waals surface area contributed by atoms with Crippen LogP contribution >= 0.6 is 0 Å². The molecule has 5 aromatic rings. The second-order valence-electron chi connectivity index (χ2n) is 34.4. The largest absolute Gasteiger partial charge is 0.460 e. The number of nitrogens with two attached hydrogens (primary N) is 2. The number of aliphatic hydroxyl groups excluding tert-OH is 2. The number of hydrogen-bond donors (Lipinski definition) is 5. The number of benzene rings is 1. The summed E-state index contributed by atoms with van der Waals surface area (Å²) < 4.78 is 88.2. The van der Waals surface area contributed by atoms with E-state index in [2.05, 4.69) is 39.1 Å². The van der Waals surface area contributed by atoms with Gasteiger partial charge in [-0.1, -0.05) is 70.6 Å². The average molecular weight is 1770 g/mol. The Morgan fingerprint density at radius 1 is 0.698 bits per heavy atom. The molecule has 7 N–H and O–H groups in total. The van der Waals surface area contributed by atoms with E-state index in [4.69, 9.17) is 87.4 Å². The van der Waals surface area contributed by atoms with Gasteiger partial charge in [-0.2, -0.15) is 10.1 Å². The monoisotopic (exact) mass is 1770 g/mol. The third-order valence-corrected chi connectivity index (χ3v) is 25.1. The van der Waals surface area contributed by atoms with Crippen molar-refractivity contribution in [3.05, 3.63) is 83.6 Å². The van der Waals surface area contributed by atoms with Crippen molar-refractivity contribution in [2.24, 2.45) is 35.5 Å². The van der Waals surface area contributed by atoms with Gasteiger partial charge in [0.1, 0.15) is 53.1 Å². The van der Waals surface area contributed by atoms with Gasteiger partial charge < -0.3 is 97.7 Å². The van der Waals surface area contributed by atoms with Crippen molar-refractivity contribution in [1.82, 2.24) is 44.6 Å². The number of cyclic esters (lactones) is 1. The van der Waals surface area contributed by atoms with Gasteiger partial charge in [-0.15, -0.1) is 5.10 Å². The summed E-state index contributed by atoms with van der Waals surface area (Å²) in [5.74, 6) is -6.00. The number of carbonyl (C=O) groups is 4. The number of oxazole rings is 1. The lowest BCUT2D eigenvalue weighted by atomic mass is 9.78. The van der Waals surface area contributed by atoms with E-state index in [-0.39, 0.29) is 79.9 Å². The molecule has 2 saturated heterocycles. The van der Waals surface area contributed by atoms with E-state index in [1.54, 1.807) is 50.8 Å². The number of rotatable bonds is 44. The minimum Gasteiger partial charge on any atom is -0.460 e. The maximum atomic E-state index is 14.9. The SMILES string of the molecule is CO[C@H]1C[C@@H]2CC[C@@H](C)[C@@](O)(O2)C(=O)C(=O)N2CCCC[C@H]2C(=O)OC([C@H](C)C[C@@H]2CC[C@@H](O)[C@H](OC)C2)C[C@@H](OC)[C@H](C)/C=C(\C)[C@@H](O)[C@@H](OC)C2=[N+](OCc3cn(CCOCCCCCOCCOCCOCCOCCOCCOCCC(=O)CCCCCn4nc(-c5ccc6oc(N)nc6c5)c5c(N)ncnc54)nn3)\C(=C/C=C/C=C/1C)[C@@H](C)C[C@H]2C. The Morgan fingerprint density at radius 2 is 1.38 bits per heavy atom. The van der Waals surface area contributed by atoms with E-state index < -0.39 is 78.1 Å². The molecule has 4 bridgehead atoms. The van der Waals surface area contributed by atoms with E-state index in [1.807, 2.05) is 81.1 Å². The van der Waals surface area contributed by atoms with Crippen molar-refractivity contribution in [1.29, 1.82) is 0 Å². The summed E-state index contributed by atoms with van der Waals surface area (Å²) in [4.78, 5) is 77.7. The van der Waals surface area contributed by atoms with Gasteiger partial charge in [-0.05, 0) is 151 Å². The summed E-state index contributed by atoms with van der Waals surface area (Å²) in [5.41, 5.74) is 18.9. The van der Waals surface area contributed by atoms with E-state index in [9.17, 15) is 34.5 Å². The summed E-state index contributed by atoms with van der Waals surface area (Å²) in [7, 11) is 6.40. The van der Waals surface area contributed by atoms with Crippen molar-refractivity contribution < 1.29 is 110 Å². The number of piperidine rings is 1. The predicted octanol–water partition coefficient (Wildman–Crippen LogP) is 10.2. The maximum absolute atomic E-state index is 14.9. The summed E-state index contributed by atoms with van der Waals surface area (Å²) in [5, 5.41) is 50.1. The highest BCUT2D eigenvalue weighted by Crippen LogP contribution is 2.40. The lowest BCUT2D eigenvalue weighted by molar-refractivity contribution is -0.767. The van der Waals surface area contributed by atoms with E-state index in [0.29, 0.717) is 220 Å². The van der Waals surface area contributed by atoms with Crippen LogP contribution in [0.3, 0.4) is 0 Å². The van der Waals surface area contributed by atoms with Crippen LogP contribution in [-0.2, 0) is 105 Å². The van der Waals surface area contributed by atoms with Crippen molar-refractivity contribution in [2.45, 2.75) is 257 Å². The molecule has 8 heterocycles. The standard InChI is InChI=1S/C92H141N12O22/c1-60-22-15-16-24-73-61(2)50-64(5)83(85(115-11)84(107)65(6)51-62(3)78(113-9)56-79(63(4)52-67-27-30-75(106)80(53-67)114-10)124-90(110)74-25-17-19-33-102(74)89(109)86(108)92(111)66(7)26-29-71(126-92)55-77(60)112-8)104(73)123-58-69-57-101(100-98-69)35-39-116-36-20-13-21-37-117-40-42-119-44-46-121-48-49-122-47-45-120-43-41-118-38-32-70(105)23-14-12-18-34-103-88-81(87(93)95-59-96-88)82(99-103)68-28-31-76-72(54-68)97-91(94)125-76/h15-16,22,24,28,31,51,54,57,59,61-64,66-67,71,74-75,77-80,84-85,106-107,111H,12-14,17-21,23,25-27,29-30,32-50,52-53,55-56,58H2,1-11H3,(H2,94,97)(H2,93,95,96)/q+1/b16-15+,60-22+,65-51+,73-24-/t61-,62+,63+,64+,66+,67-,71-,74-,75+,77-,78+,79?,80+,84+,85-,92+/m0/s1. The molecule has 0 radical (unpaired) electrons. The normalized spacial score (nSPS) is 27.7. The first kappa shape index (κ1) is 100. The number of nitrogen functional groups attached to an aromatic ring is 2. The number of ketones is 2. The molecule has 4 aromatic heterocycles. The summed E-state index contributed by atoms with van der Waals surface area (Å²) in [6.45, 7) is 21.4. The number of aryl methyl sites for hydroxylation is 1. The quantitative estimate of drug-likeness (QED) is 0.00795. The molecule has 4 aliphatic heterocycles. The molecule has 126 heavy (non-hydrogen) atoms. The third-order valence-electron chi connectivity index (χ3n) is 25.1. The fraction of sp³-hybridized carbons (Fsp3) is 0.707. The Hall–Kier alpha value is -7.91. The van der Waals surface area contributed by atoms with Crippen LogP contribution < -0.4 is 11.5 Å². The first-order chi connectivity index (χ1) is 60.9. The average Bonchev–Trinajstić information content (AvgIpc) is 1.68. The number of methoxy groups -OCH3 is 4. The van der Waals surface area contributed by atoms with Crippen LogP contribution in [0.1, 0.15) is 183 Å². The highest BCUT2D eigenvalue weighted by molar-refractivity contribution is 6.39. The van der Waals surface area contributed by atoms with Crippen molar-refractivity contribution in [2.75, 3.05) is 139 Å². The molecule has 10 rings (SSSR count). The number of hydrogen-bond acceptors (Lipinski definition) is 30. The molecule has 1 aliphatic carbocycles. The molecule has 34 heteroatoms. The van der Waals surface area contributed by atoms with Gasteiger partial charge >= 0.3 is 5.97 Å². The minimum absolute atomic E-state index is 0.0219. The van der Waals surface area contributed by atoms with Gasteiger partial charge in [0.05, 0.1) is 128 Å². The number of ether oxygens (including phenoxy) is 13. The highest BCUT2D eigenvalue weighted by Gasteiger charge is 2.54. The molecule has 16 atom stereocenters. The van der Waals surface area contributed by atoms with Gasteiger partial charge in [-0.3, -0.25) is 19.2 Å². The molecule has 1 aromatic carbocycles. The van der Waals surface area contributed by atoms with Gasteiger partial charge in [0.25, 0.3) is 17.7 Å². The fourth-order valence-electron chi connectivity index (χ4n) is 17.7. The van der Waals surface area contributed by atoms with Crippen molar-refractivity contribution >= 4 is 63.1 Å². The molecule has 1 unspecified atom stereocenters. The number of unbranched alkanes of at least 4 members (excludes halogenated alkanes) is 4. The smallest absolute Gasteiger partial charge is 0.329 e. The van der Waals surface area contributed by atoms with E-state index >= 15 is 0 Å².